The molecule has 1 heterocycles. The third-order valence-electron chi connectivity index (χ3n) is 3.01. The first-order valence-electron chi connectivity index (χ1n) is 6.28. The molecule has 6 nitrogen and oxygen atoms in total. The highest BCUT2D eigenvalue weighted by Crippen LogP contribution is 2.16. The van der Waals surface area contributed by atoms with Gasteiger partial charge in [0.2, 0.25) is 11.8 Å². The number of nitrogens with zero attached hydrogens (tertiary/aromatic N) is 1. The molecule has 1 unspecified atom stereocenters. The van der Waals surface area contributed by atoms with Gasteiger partial charge in [0.25, 0.3) is 0 Å². The maximum Gasteiger partial charge on any atom is 0.335 e. The van der Waals surface area contributed by atoms with Crippen LogP contribution in [0.25, 0.3) is 0 Å². The summed E-state index contributed by atoms with van der Waals surface area (Å²) >= 11 is 0. The van der Waals surface area contributed by atoms with E-state index in [9.17, 15) is 14.4 Å². The molecule has 2 amide bonds. The fraction of sp³-hybridized carbons (Fsp3) is 0.357. The Labute approximate surface area is 117 Å². The van der Waals surface area contributed by atoms with Crippen LogP contribution in [0, 0.1) is 0 Å². The smallest absolute Gasteiger partial charge is 0.335 e. The van der Waals surface area contributed by atoms with Gasteiger partial charge in [-0.15, -0.1) is 0 Å². The number of aromatic carboxylic acids is 1. The van der Waals surface area contributed by atoms with Crippen LogP contribution in [0.4, 0.5) is 0 Å². The summed E-state index contributed by atoms with van der Waals surface area (Å²) in [5.74, 6) is -1.33. The number of carboxylic acid groups (broad SMARTS) is 1. The van der Waals surface area contributed by atoms with Crippen LogP contribution in [0.5, 0.6) is 0 Å². The lowest BCUT2D eigenvalue weighted by atomic mass is 10.2. The van der Waals surface area contributed by atoms with Gasteiger partial charge in [-0.2, -0.15) is 0 Å². The zero-order valence-corrected chi connectivity index (χ0v) is 11.3. The number of primary amides is 1. The predicted octanol–water partition coefficient (Wildman–Crippen LogP) is 0.867. The van der Waals surface area contributed by atoms with Gasteiger partial charge in [0.15, 0.2) is 0 Å². The van der Waals surface area contributed by atoms with E-state index in [1.54, 1.807) is 30.3 Å². The molecule has 1 atom stereocenters. The Hall–Kier alpha value is -2.37. The average Bonchev–Trinajstić information content (AvgIpc) is 2.90. The van der Waals surface area contributed by atoms with E-state index in [4.69, 9.17) is 10.8 Å². The SMILES string of the molecule is CC(=O)N1CCCC1C(N)=O.O=C(O)c1ccccc1. The van der Waals surface area contributed by atoms with Crippen molar-refractivity contribution in [2.75, 3.05) is 6.54 Å². The van der Waals surface area contributed by atoms with Crippen LogP contribution >= 0.6 is 0 Å². The van der Waals surface area contributed by atoms with Crippen molar-refractivity contribution in [3.63, 3.8) is 0 Å². The van der Waals surface area contributed by atoms with Gasteiger partial charge in [-0.1, -0.05) is 18.2 Å². The van der Waals surface area contributed by atoms with Crippen molar-refractivity contribution in [3.05, 3.63) is 35.9 Å². The van der Waals surface area contributed by atoms with Crippen LogP contribution in [0.3, 0.4) is 0 Å². The van der Waals surface area contributed by atoms with Crippen LogP contribution in [0.15, 0.2) is 30.3 Å². The highest BCUT2D eigenvalue weighted by atomic mass is 16.4. The normalized spacial score (nSPS) is 17.1. The van der Waals surface area contributed by atoms with Crippen molar-refractivity contribution in [2.24, 2.45) is 5.73 Å². The van der Waals surface area contributed by atoms with E-state index < -0.39 is 11.9 Å². The van der Waals surface area contributed by atoms with Gasteiger partial charge in [0, 0.05) is 13.5 Å². The number of amides is 2. The van der Waals surface area contributed by atoms with E-state index in [0.29, 0.717) is 12.1 Å². The highest BCUT2D eigenvalue weighted by Gasteiger charge is 2.30. The molecule has 1 aromatic rings. The molecule has 0 spiro atoms. The topological polar surface area (TPSA) is 101 Å². The number of carbonyl (C=O) groups excluding carboxylic acids is 2. The van der Waals surface area contributed by atoms with Gasteiger partial charge < -0.3 is 15.7 Å². The number of hydrogen-bond donors (Lipinski definition) is 2. The lowest BCUT2D eigenvalue weighted by Gasteiger charge is -2.19. The van der Waals surface area contributed by atoms with E-state index in [2.05, 4.69) is 0 Å². The van der Waals surface area contributed by atoms with Crippen LogP contribution < -0.4 is 5.73 Å². The zero-order chi connectivity index (χ0) is 15.1. The molecular weight excluding hydrogens is 260 g/mol. The molecule has 1 fully saturated rings. The monoisotopic (exact) mass is 278 g/mol. The maximum absolute atomic E-state index is 10.9. The minimum absolute atomic E-state index is 0.0636. The van der Waals surface area contributed by atoms with Crippen molar-refractivity contribution in [3.8, 4) is 0 Å². The third kappa shape index (κ3) is 4.38. The fourth-order valence-electron chi connectivity index (χ4n) is 2.02. The van der Waals surface area contributed by atoms with E-state index >= 15 is 0 Å². The number of nitrogens with two attached hydrogens (primary N) is 1. The second kappa shape index (κ2) is 7.28. The summed E-state index contributed by atoms with van der Waals surface area (Å²) < 4.78 is 0. The molecule has 2 rings (SSSR count). The second-order valence-corrected chi connectivity index (χ2v) is 4.44. The molecule has 0 aromatic heterocycles. The molecule has 3 N–H and O–H groups in total. The molecule has 1 aliphatic heterocycles. The Kier molecular flexibility index (Phi) is 5.71. The maximum atomic E-state index is 10.9. The van der Waals surface area contributed by atoms with Crippen molar-refractivity contribution < 1.29 is 19.5 Å². The predicted molar refractivity (Wildman–Crippen MR) is 73.0 cm³/mol. The van der Waals surface area contributed by atoms with E-state index in [1.165, 1.54) is 11.8 Å². The first-order chi connectivity index (χ1) is 9.43. The average molecular weight is 278 g/mol. The van der Waals surface area contributed by atoms with Crippen LogP contribution in [-0.4, -0.2) is 40.4 Å². The standard InChI is InChI=1S/C7H12N2O2.C7H6O2/c1-5(10)9-4-2-3-6(9)7(8)11;8-7(9)6-4-2-1-3-5-6/h6H,2-4H2,1H3,(H2,8,11);1-5H,(H,8,9). The van der Waals surface area contributed by atoms with Gasteiger partial charge in [0.1, 0.15) is 6.04 Å². The Bertz CT molecular complexity index is 467. The van der Waals surface area contributed by atoms with Gasteiger partial charge >= 0.3 is 5.97 Å². The third-order valence-corrected chi connectivity index (χ3v) is 3.01. The lowest BCUT2D eigenvalue weighted by Crippen LogP contribution is -2.42. The number of carboxylic acids is 1. The van der Waals surface area contributed by atoms with Crippen molar-refractivity contribution >= 4 is 17.8 Å². The summed E-state index contributed by atoms with van der Waals surface area (Å²) in [4.78, 5) is 33.4. The van der Waals surface area contributed by atoms with E-state index in [-0.39, 0.29) is 11.9 Å². The molecule has 0 bridgehead atoms. The molecule has 1 saturated heterocycles. The lowest BCUT2D eigenvalue weighted by molar-refractivity contribution is -0.135. The number of rotatable bonds is 2. The number of hydrogen-bond acceptors (Lipinski definition) is 3. The Balaban J connectivity index is 0.000000204. The van der Waals surface area contributed by atoms with Crippen molar-refractivity contribution in [2.45, 2.75) is 25.8 Å². The Morgan fingerprint density at radius 1 is 1.25 bits per heavy atom. The second-order valence-electron chi connectivity index (χ2n) is 4.44. The van der Waals surface area contributed by atoms with Gasteiger partial charge in [-0.25, -0.2) is 4.79 Å². The molecule has 20 heavy (non-hydrogen) atoms. The molecular formula is C14H18N2O4. The number of likely N-dealkylation sites (tertiary alicyclic amines) is 1. The fourth-order valence-corrected chi connectivity index (χ4v) is 2.02. The first kappa shape index (κ1) is 15.7. The molecule has 0 saturated carbocycles. The van der Waals surface area contributed by atoms with Crippen LogP contribution in [0.1, 0.15) is 30.1 Å². The Morgan fingerprint density at radius 2 is 1.85 bits per heavy atom. The summed E-state index contributed by atoms with van der Waals surface area (Å²) in [7, 11) is 0. The van der Waals surface area contributed by atoms with E-state index in [1.807, 2.05) is 0 Å². The van der Waals surface area contributed by atoms with Crippen molar-refractivity contribution in [1.29, 1.82) is 0 Å². The Morgan fingerprint density at radius 3 is 2.20 bits per heavy atom. The molecule has 108 valence electrons. The summed E-state index contributed by atoms with van der Waals surface area (Å²) in [5.41, 5.74) is 5.42. The first-order valence-corrected chi connectivity index (χ1v) is 6.28. The summed E-state index contributed by atoms with van der Waals surface area (Å²) in [6, 6.07) is 7.94. The minimum Gasteiger partial charge on any atom is -0.478 e. The van der Waals surface area contributed by atoms with E-state index in [0.717, 1.165) is 12.8 Å². The minimum atomic E-state index is -0.879. The van der Waals surface area contributed by atoms with Crippen LogP contribution in [-0.2, 0) is 9.59 Å². The summed E-state index contributed by atoms with van der Waals surface area (Å²) in [5, 5.41) is 8.38. The quantitative estimate of drug-likeness (QED) is 0.838. The summed E-state index contributed by atoms with van der Waals surface area (Å²) in [6.45, 7) is 2.13. The molecule has 0 aliphatic carbocycles. The number of carbonyl (C=O) groups is 3. The molecule has 6 heteroatoms. The molecule has 0 radical (unpaired) electrons. The van der Waals surface area contributed by atoms with Gasteiger partial charge in [-0.05, 0) is 25.0 Å². The molecule has 1 aromatic carbocycles. The largest absolute Gasteiger partial charge is 0.478 e. The zero-order valence-electron chi connectivity index (χ0n) is 11.3. The molecule has 1 aliphatic rings. The van der Waals surface area contributed by atoms with Gasteiger partial charge in [-0.3, -0.25) is 9.59 Å². The van der Waals surface area contributed by atoms with Crippen LogP contribution in [0.2, 0.25) is 0 Å². The highest BCUT2D eigenvalue weighted by molar-refractivity contribution is 5.87. The number of benzene rings is 1. The van der Waals surface area contributed by atoms with Gasteiger partial charge in [0.05, 0.1) is 5.56 Å². The van der Waals surface area contributed by atoms with Crippen molar-refractivity contribution in [1.82, 2.24) is 4.90 Å². The summed E-state index contributed by atoms with van der Waals surface area (Å²) in [6.07, 6.45) is 1.60.